The Kier molecular flexibility index (Phi) is 6.16. The number of para-hydroxylation sites is 1. The van der Waals surface area contributed by atoms with E-state index in [0.29, 0.717) is 6.61 Å². The maximum Gasteiger partial charge on any atom is 0.145 e. The quantitative estimate of drug-likeness (QED) is 0.262. The van der Waals surface area contributed by atoms with E-state index in [0.717, 1.165) is 51.0 Å². The zero-order valence-corrected chi connectivity index (χ0v) is 18.9. The largest absolute Gasteiger partial charge is 0.487 e. The number of aromatic nitrogens is 3. The number of hydrogen-bond acceptors (Lipinski definition) is 1. The molecule has 0 unspecified atom stereocenters. The summed E-state index contributed by atoms with van der Waals surface area (Å²) >= 11 is 0. The molecule has 0 radical (unpaired) electrons. The summed E-state index contributed by atoms with van der Waals surface area (Å²) in [6.07, 6.45) is 7.88. The van der Waals surface area contributed by atoms with Gasteiger partial charge in [0, 0.05) is 27.7 Å². The van der Waals surface area contributed by atoms with Gasteiger partial charge in [0.15, 0.2) is 0 Å². The monoisotopic (exact) mass is 435 g/mol. The van der Waals surface area contributed by atoms with E-state index >= 15 is 0 Å². The van der Waals surface area contributed by atoms with Crippen molar-refractivity contribution in [2.45, 2.75) is 32.8 Å². The molecule has 0 aliphatic rings. The molecule has 4 heteroatoms. The Morgan fingerprint density at radius 2 is 1.58 bits per heavy atom. The van der Waals surface area contributed by atoms with Crippen molar-refractivity contribution in [3.05, 3.63) is 101 Å². The zero-order valence-electron chi connectivity index (χ0n) is 18.9. The van der Waals surface area contributed by atoms with Crippen LogP contribution in [0.4, 0.5) is 0 Å². The normalized spacial score (nSPS) is 12.6. The number of rotatable bonds is 8. The van der Waals surface area contributed by atoms with Gasteiger partial charge in [0.2, 0.25) is 0 Å². The highest BCUT2D eigenvalue weighted by Gasteiger charge is 2.12. The van der Waals surface area contributed by atoms with Crippen LogP contribution in [0.1, 0.15) is 37.4 Å². The standard InChI is InChI=1S/C29H29N3O/c1-2-3-5-13-23-15-16-24(30-23)18-28-29(33-20-21-10-6-4-7-11-21)19-27(32-28)26-17-22-12-8-9-14-25(22)31-26/h4,6-19,30-32H,2-3,5,20H2,1H3. The Morgan fingerprint density at radius 3 is 2.42 bits per heavy atom. The van der Waals surface area contributed by atoms with Gasteiger partial charge < -0.3 is 19.7 Å². The predicted octanol–water partition coefficient (Wildman–Crippen LogP) is 5.87. The number of ether oxygens (including phenoxy) is 1. The average Bonchev–Trinajstić information content (AvgIpc) is 3.57. The number of unbranched alkanes of at least 4 members (excludes halogenated alkanes) is 2. The Balaban J connectivity index is 1.50. The maximum atomic E-state index is 6.26. The topological polar surface area (TPSA) is 56.6 Å². The fourth-order valence-electron chi connectivity index (χ4n) is 4.03. The third-order valence-electron chi connectivity index (χ3n) is 5.82. The molecule has 0 bridgehead atoms. The number of hydrogen-bond donors (Lipinski definition) is 3. The van der Waals surface area contributed by atoms with Gasteiger partial charge in [-0.3, -0.25) is 0 Å². The van der Waals surface area contributed by atoms with E-state index in [2.05, 4.69) is 88.6 Å². The van der Waals surface area contributed by atoms with E-state index in [1.165, 1.54) is 18.2 Å². The number of aromatic amines is 3. The maximum absolute atomic E-state index is 6.26. The van der Waals surface area contributed by atoms with Crippen molar-refractivity contribution in [2.75, 3.05) is 0 Å². The lowest BCUT2D eigenvalue weighted by Gasteiger charge is -2.05. The summed E-state index contributed by atoms with van der Waals surface area (Å²) in [5.74, 6) is 0.832. The summed E-state index contributed by atoms with van der Waals surface area (Å²) in [6, 6.07) is 27.1. The van der Waals surface area contributed by atoms with Crippen LogP contribution < -0.4 is 15.4 Å². The molecule has 0 fully saturated rings. The van der Waals surface area contributed by atoms with E-state index in [1.54, 1.807) is 0 Å². The summed E-state index contributed by atoms with van der Waals surface area (Å²) in [5, 5.41) is 3.40. The van der Waals surface area contributed by atoms with E-state index in [4.69, 9.17) is 4.74 Å². The van der Waals surface area contributed by atoms with Gasteiger partial charge in [-0.2, -0.15) is 0 Å². The molecule has 5 rings (SSSR count). The highest BCUT2D eigenvalue weighted by atomic mass is 16.5. The summed E-state index contributed by atoms with van der Waals surface area (Å²) in [6.45, 7) is 2.74. The van der Waals surface area contributed by atoms with E-state index in [9.17, 15) is 0 Å². The minimum Gasteiger partial charge on any atom is -0.487 e. The molecular formula is C29H29N3O. The molecule has 3 heterocycles. The third kappa shape index (κ3) is 4.96. The van der Waals surface area contributed by atoms with Crippen molar-refractivity contribution in [2.24, 2.45) is 0 Å². The Bertz CT molecular complexity index is 1420. The minimum atomic E-state index is 0.520. The van der Waals surface area contributed by atoms with Gasteiger partial charge in [-0.25, -0.2) is 0 Å². The number of benzene rings is 2. The minimum absolute atomic E-state index is 0.520. The van der Waals surface area contributed by atoms with Gasteiger partial charge in [0.05, 0.1) is 17.1 Å². The highest BCUT2D eigenvalue weighted by molar-refractivity contribution is 5.85. The second-order valence-electron chi connectivity index (χ2n) is 8.37. The van der Waals surface area contributed by atoms with E-state index in [-0.39, 0.29) is 0 Å². The van der Waals surface area contributed by atoms with Crippen LogP contribution in [0.25, 0.3) is 34.4 Å². The van der Waals surface area contributed by atoms with Gasteiger partial charge >= 0.3 is 0 Å². The summed E-state index contributed by atoms with van der Waals surface area (Å²) in [4.78, 5) is 10.6. The first-order valence-corrected chi connectivity index (χ1v) is 11.6. The SMILES string of the molecule is CCCCC=c1ccc(=Cc2[nH]c(-c3cc4ccccc4[nH]3)cc2OCc2ccccc2)[nH]1. The number of fused-ring (bicyclic) bond motifs is 1. The first-order chi connectivity index (χ1) is 16.3. The molecule has 5 aromatic rings. The Labute approximate surface area is 193 Å². The molecule has 166 valence electrons. The fourth-order valence-corrected chi connectivity index (χ4v) is 4.03. The molecule has 3 aromatic heterocycles. The number of nitrogens with one attached hydrogen (secondary N) is 3. The van der Waals surface area contributed by atoms with E-state index in [1.807, 2.05) is 24.3 Å². The molecule has 0 aliphatic carbocycles. The Morgan fingerprint density at radius 1 is 0.788 bits per heavy atom. The first kappa shape index (κ1) is 21.0. The molecule has 4 nitrogen and oxygen atoms in total. The number of H-pyrrole nitrogens is 3. The molecule has 0 atom stereocenters. The average molecular weight is 436 g/mol. The van der Waals surface area contributed by atoms with Gasteiger partial charge in [0.1, 0.15) is 12.4 Å². The summed E-state index contributed by atoms with van der Waals surface area (Å²) < 4.78 is 6.26. The van der Waals surface area contributed by atoms with Crippen molar-refractivity contribution in [3.8, 4) is 17.1 Å². The van der Waals surface area contributed by atoms with Crippen molar-refractivity contribution >= 4 is 23.1 Å². The lowest BCUT2D eigenvalue weighted by atomic mass is 10.2. The van der Waals surface area contributed by atoms with Gasteiger partial charge in [-0.15, -0.1) is 0 Å². The molecule has 2 aromatic carbocycles. The van der Waals surface area contributed by atoms with E-state index < -0.39 is 0 Å². The van der Waals surface area contributed by atoms with Crippen LogP contribution in [0.2, 0.25) is 0 Å². The second-order valence-corrected chi connectivity index (χ2v) is 8.37. The van der Waals surface area contributed by atoms with Crippen LogP contribution >= 0.6 is 0 Å². The van der Waals surface area contributed by atoms with Crippen molar-refractivity contribution < 1.29 is 4.74 Å². The molecular weight excluding hydrogens is 406 g/mol. The third-order valence-corrected chi connectivity index (χ3v) is 5.82. The van der Waals surface area contributed by atoms with Gasteiger partial charge in [0.25, 0.3) is 0 Å². The lowest BCUT2D eigenvalue weighted by molar-refractivity contribution is 0.306. The summed E-state index contributed by atoms with van der Waals surface area (Å²) in [7, 11) is 0. The van der Waals surface area contributed by atoms with Crippen LogP contribution in [0, 0.1) is 0 Å². The molecule has 0 saturated heterocycles. The first-order valence-electron chi connectivity index (χ1n) is 11.6. The molecule has 0 amide bonds. The Hall–Kier alpha value is -3.92. The second kappa shape index (κ2) is 9.70. The van der Waals surface area contributed by atoms with Crippen molar-refractivity contribution in [3.63, 3.8) is 0 Å². The highest BCUT2D eigenvalue weighted by Crippen LogP contribution is 2.30. The van der Waals surface area contributed by atoms with Gasteiger partial charge in [-0.1, -0.05) is 68.0 Å². The van der Waals surface area contributed by atoms with Gasteiger partial charge in [-0.05, 0) is 48.7 Å². The van der Waals surface area contributed by atoms with Crippen LogP contribution in [0.15, 0.2) is 78.9 Å². The lowest BCUT2D eigenvalue weighted by Crippen LogP contribution is -2.09. The summed E-state index contributed by atoms with van der Waals surface area (Å²) in [5.41, 5.74) is 5.25. The van der Waals surface area contributed by atoms with Crippen molar-refractivity contribution in [1.82, 2.24) is 15.0 Å². The molecule has 0 aliphatic heterocycles. The van der Waals surface area contributed by atoms with Crippen LogP contribution in [0.5, 0.6) is 5.75 Å². The van der Waals surface area contributed by atoms with Crippen LogP contribution in [0.3, 0.4) is 0 Å². The molecule has 0 saturated carbocycles. The molecule has 3 N–H and O–H groups in total. The van der Waals surface area contributed by atoms with Crippen LogP contribution in [-0.2, 0) is 6.61 Å². The predicted molar refractivity (Wildman–Crippen MR) is 136 cm³/mol. The molecule has 33 heavy (non-hydrogen) atoms. The fraction of sp³-hybridized carbons (Fsp3) is 0.172. The van der Waals surface area contributed by atoms with Crippen LogP contribution in [-0.4, -0.2) is 15.0 Å². The van der Waals surface area contributed by atoms with Crippen molar-refractivity contribution in [1.29, 1.82) is 0 Å². The molecule has 0 spiro atoms. The zero-order chi connectivity index (χ0) is 22.5. The smallest absolute Gasteiger partial charge is 0.145 e.